The number of hydrogen-bond donors (Lipinski definition) is 1. The van der Waals surface area contributed by atoms with Gasteiger partial charge >= 0.3 is 0 Å². The molecule has 1 aromatic carbocycles. The molecule has 2 N–H and O–H groups in total. The SMILES string of the molecule is Cc1nc(N2CCC3(CC2)Cc2c(F)cccc2[C@H]3N)c2ccnn2c1-c1cnc(C)n1C.Cl. The van der Waals surface area contributed by atoms with Crippen molar-refractivity contribution in [2.45, 2.75) is 39.2 Å². The summed E-state index contributed by atoms with van der Waals surface area (Å²) < 4.78 is 18.5. The van der Waals surface area contributed by atoms with Crippen molar-refractivity contribution in [3.63, 3.8) is 0 Å². The molecule has 1 atom stereocenters. The molecule has 0 bridgehead atoms. The minimum Gasteiger partial charge on any atom is -0.355 e. The summed E-state index contributed by atoms with van der Waals surface area (Å²) in [6.07, 6.45) is 6.24. The van der Waals surface area contributed by atoms with Crippen molar-refractivity contribution in [2.24, 2.45) is 18.2 Å². The molecule has 1 aliphatic carbocycles. The Labute approximate surface area is 204 Å². The first-order chi connectivity index (χ1) is 15.9. The molecule has 3 aromatic heterocycles. The van der Waals surface area contributed by atoms with E-state index in [2.05, 4.69) is 19.5 Å². The van der Waals surface area contributed by atoms with Gasteiger partial charge in [-0.05, 0) is 61.8 Å². The molecule has 0 radical (unpaired) electrons. The molecule has 6 rings (SSSR count). The zero-order valence-corrected chi connectivity index (χ0v) is 20.4. The summed E-state index contributed by atoms with van der Waals surface area (Å²) in [7, 11) is 2.01. The molecule has 34 heavy (non-hydrogen) atoms. The molecule has 7 nitrogen and oxygen atoms in total. The van der Waals surface area contributed by atoms with E-state index in [1.807, 2.05) is 49.9 Å². The van der Waals surface area contributed by atoms with Crippen molar-refractivity contribution >= 4 is 23.7 Å². The third-order valence-corrected chi connectivity index (χ3v) is 7.90. The standard InChI is InChI=1S/C25H28FN7.ClH/c1-15-22(21-14-28-16(2)31(21)3)33-20(7-10-29-33)24(30-15)32-11-8-25(9-12-32)13-18-17(23(25)27)5-4-6-19(18)26;/h4-7,10,14,23H,8-9,11-13,27H2,1-3H3;1H/t23-;/m1./s1. The summed E-state index contributed by atoms with van der Waals surface area (Å²) >= 11 is 0. The topological polar surface area (TPSA) is 77.3 Å². The Hall–Kier alpha value is -2.97. The second-order valence-electron chi connectivity index (χ2n) is 9.56. The van der Waals surface area contributed by atoms with Crippen LogP contribution in [0, 0.1) is 25.1 Å². The number of anilines is 1. The fourth-order valence-corrected chi connectivity index (χ4v) is 5.82. The first-order valence-electron chi connectivity index (χ1n) is 11.5. The molecule has 1 fully saturated rings. The fraction of sp³-hybridized carbons (Fsp3) is 0.400. The van der Waals surface area contributed by atoms with Gasteiger partial charge in [0.25, 0.3) is 0 Å². The highest BCUT2D eigenvalue weighted by molar-refractivity contribution is 5.85. The summed E-state index contributed by atoms with van der Waals surface area (Å²) in [5.74, 6) is 1.76. The highest BCUT2D eigenvalue weighted by Gasteiger charge is 2.47. The number of nitrogens with two attached hydrogens (primary N) is 1. The van der Waals surface area contributed by atoms with Crippen LogP contribution in [0.25, 0.3) is 16.9 Å². The molecule has 0 amide bonds. The summed E-state index contributed by atoms with van der Waals surface area (Å²) in [4.78, 5) is 11.8. The zero-order valence-electron chi connectivity index (χ0n) is 19.6. The van der Waals surface area contributed by atoms with Crippen LogP contribution in [0.5, 0.6) is 0 Å². The minimum absolute atomic E-state index is 0. The number of fused-ring (bicyclic) bond motifs is 2. The van der Waals surface area contributed by atoms with E-state index in [1.165, 1.54) is 0 Å². The van der Waals surface area contributed by atoms with Gasteiger partial charge in [0.1, 0.15) is 22.9 Å². The average molecular weight is 482 g/mol. The molecule has 1 saturated heterocycles. The van der Waals surface area contributed by atoms with E-state index < -0.39 is 0 Å². The van der Waals surface area contributed by atoms with Gasteiger partial charge in [-0.1, -0.05) is 12.1 Å². The Morgan fingerprint density at radius 1 is 1.15 bits per heavy atom. The Bertz CT molecular complexity index is 1380. The Morgan fingerprint density at radius 3 is 2.59 bits per heavy atom. The van der Waals surface area contributed by atoms with Gasteiger partial charge in [0.2, 0.25) is 0 Å². The first kappa shape index (κ1) is 22.8. The molecule has 0 unspecified atom stereocenters. The Kier molecular flexibility index (Phi) is 5.41. The minimum atomic E-state index is -0.124. The molecule has 2 aliphatic rings. The van der Waals surface area contributed by atoms with Crippen LogP contribution in [0.15, 0.2) is 36.7 Å². The summed E-state index contributed by atoms with van der Waals surface area (Å²) in [6.45, 7) is 5.68. The second kappa shape index (κ2) is 8.06. The fourth-order valence-electron chi connectivity index (χ4n) is 5.82. The van der Waals surface area contributed by atoms with E-state index in [0.29, 0.717) is 0 Å². The predicted octanol–water partition coefficient (Wildman–Crippen LogP) is 4.15. The van der Waals surface area contributed by atoms with Crippen LogP contribution in [-0.2, 0) is 13.5 Å². The van der Waals surface area contributed by atoms with Gasteiger partial charge in [0.05, 0.1) is 23.8 Å². The molecule has 4 aromatic rings. The summed E-state index contributed by atoms with van der Waals surface area (Å²) in [6, 6.07) is 7.21. The van der Waals surface area contributed by atoms with Crippen LogP contribution < -0.4 is 10.6 Å². The van der Waals surface area contributed by atoms with E-state index in [9.17, 15) is 4.39 Å². The average Bonchev–Trinajstić information content (AvgIpc) is 3.49. The lowest BCUT2D eigenvalue weighted by atomic mass is 9.73. The maximum absolute atomic E-state index is 14.4. The number of halogens is 2. The number of aromatic nitrogens is 5. The van der Waals surface area contributed by atoms with E-state index in [1.54, 1.807) is 12.1 Å². The van der Waals surface area contributed by atoms with Crippen LogP contribution in [0.2, 0.25) is 0 Å². The normalized spacial score (nSPS) is 19.0. The third kappa shape index (κ3) is 3.15. The van der Waals surface area contributed by atoms with Crippen molar-refractivity contribution in [2.75, 3.05) is 18.0 Å². The Morgan fingerprint density at radius 2 is 1.91 bits per heavy atom. The quantitative estimate of drug-likeness (QED) is 0.465. The molecule has 1 aliphatic heterocycles. The molecule has 0 saturated carbocycles. The van der Waals surface area contributed by atoms with E-state index >= 15 is 0 Å². The van der Waals surface area contributed by atoms with Gasteiger partial charge in [-0.2, -0.15) is 5.10 Å². The number of aryl methyl sites for hydroxylation is 2. The molecular weight excluding hydrogens is 453 g/mol. The van der Waals surface area contributed by atoms with Crippen molar-refractivity contribution < 1.29 is 4.39 Å². The highest BCUT2D eigenvalue weighted by Crippen LogP contribution is 2.51. The first-order valence-corrected chi connectivity index (χ1v) is 11.5. The number of piperidine rings is 1. The van der Waals surface area contributed by atoms with E-state index in [4.69, 9.17) is 10.7 Å². The predicted molar refractivity (Wildman–Crippen MR) is 133 cm³/mol. The van der Waals surface area contributed by atoms with Gasteiger partial charge < -0.3 is 15.2 Å². The lowest BCUT2D eigenvalue weighted by molar-refractivity contribution is 0.186. The third-order valence-electron chi connectivity index (χ3n) is 7.90. The maximum Gasteiger partial charge on any atom is 0.155 e. The molecule has 4 heterocycles. The van der Waals surface area contributed by atoms with Crippen LogP contribution >= 0.6 is 12.4 Å². The van der Waals surface area contributed by atoms with Crippen LogP contribution in [0.1, 0.15) is 41.5 Å². The monoisotopic (exact) mass is 481 g/mol. The number of nitrogens with zero attached hydrogens (tertiary/aromatic N) is 6. The van der Waals surface area contributed by atoms with Gasteiger partial charge in [-0.25, -0.2) is 18.9 Å². The highest BCUT2D eigenvalue weighted by atomic mass is 35.5. The number of imidazole rings is 1. The van der Waals surface area contributed by atoms with E-state index in [0.717, 1.165) is 77.7 Å². The van der Waals surface area contributed by atoms with Crippen molar-refractivity contribution in [1.29, 1.82) is 0 Å². The maximum atomic E-state index is 14.4. The van der Waals surface area contributed by atoms with E-state index in [-0.39, 0.29) is 29.7 Å². The van der Waals surface area contributed by atoms with Crippen LogP contribution in [-0.4, -0.2) is 37.2 Å². The Balaban J connectivity index is 0.00000241. The molecule has 1 spiro atoms. The molecule has 178 valence electrons. The lowest BCUT2D eigenvalue weighted by Gasteiger charge is -2.42. The zero-order chi connectivity index (χ0) is 22.9. The van der Waals surface area contributed by atoms with Crippen molar-refractivity contribution in [3.8, 4) is 11.4 Å². The van der Waals surface area contributed by atoms with Crippen LogP contribution in [0.4, 0.5) is 10.2 Å². The van der Waals surface area contributed by atoms with Gasteiger partial charge in [-0.3, -0.25) is 0 Å². The largest absolute Gasteiger partial charge is 0.355 e. The number of benzene rings is 1. The second-order valence-corrected chi connectivity index (χ2v) is 9.56. The molecule has 9 heteroatoms. The number of rotatable bonds is 2. The summed E-state index contributed by atoms with van der Waals surface area (Å²) in [5.41, 5.74) is 12.2. The van der Waals surface area contributed by atoms with Gasteiger partial charge in [-0.15, -0.1) is 12.4 Å². The molecular formula is C25H29ClFN7. The van der Waals surface area contributed by atoms with Gasteiger partial charge in [0, 0.05) is 26.2 Å². The smallest absolute Gasteiger partial charge is 0.155 e. The lowest BCUT2D eigenvalue weighted by Crippen LogP contribution is -2.44. The van der Waals surface area contributed by atoms with Crippen LogP contribution in [0.3, 0.4) is 0 Å². The van der Waals surface area contributed by atoms with Crippen molar-refractivity contribution in [3.05, 3.63) is 65.1 Å². The van der Waals surface area contributed by atoms with Crippen molar-refractivity contribution in [1.82, 2.24) is 24.1 Å². The van der Waals surface area contributed by atoms with Gasteiger partial charge in [0.15, 0.2) is 5.82 Å². The number of hydrogen-bond acceptors (Lipinski definition) is 5. The summed E-state index contributed by atoms with van der Waals surface area (Å²) in [5, 5.41) is 4.63.